The van der Waals surface area contributed by atoms with Crippen molar-refractivity contribution in [2.24, 2.45) is 11.7 Å². The van der Waals surface area contributed by atoms with Crippen molar-refractivity contribution in [3.05, 3.63) is 40.4 Å². The Morgan fingerprint density at radius 1 is 1.45 bits per heavy atom. The highest BCUT2D eigenvalue weighted by Gasteiger charge is 2.28. The lowest BCUT2D eigenvalue weighted by atomic mass is 10.2. The molecule has 3 N–H and O–H groups in total. The first kappa shape index (κ1) is 17.2. The molecule has 1 aromatic carbocycles. The molecule has 1 aliphatic rings. The number of carbonyl (C=O) groups excluding carboxylic acids is 1. The third-order valence-electron chi connectivity index (χ3n) is 3.57. The molecule has 1 saturated carbocycles. The minimum atomic E-state index is -0.180. The Kier molecular flexibility index (Phi) is 5.81. The minimum Gasteiger partial charge on any atom is -0.349 e. The van der Waals surface area contributed by atoms with Crippen LogP contribution in [0.1, 0.15) is 23.3 Å². The summed E-state index contributed by atoms with van der Waals surface area (Å²) in [4.78, 5) is 16.4. The third-order valence-corrected chi connectivity index (χ3v) is 4.77. The first-order valence-electron chi connectivity index (χ1n) is 6.89. The maximum Gasteiger partial charge on any atom is 0.270 e. The van der Waals surface area contributed by atoms with Crippen LogP contribution in [0, 0.1) is 5.92 Å². The van der Waals surface area contributed by atoms with E-state index in [1.54, 1.807) is 5.38 Å². The Balaban J connectivity index is 0.00000176. The predicted molar refractivity (Wildman–Crippen MR) is 92.8 cm³/mol. The molecule has 1 aromatic heterocycles. The van der Waals surface area contributed by atoms with Crippen molar-refractivity contribution in [2.45, 2.75) is 18.9 Å². The van der Waals surface area contributed by atoms with Gasteiger partial charge in [-0.2, -0.15) is 0 Å². The maximum absolute atomic E-state index is 12.1. The number of thiazole rings is 1. The average molecular weight is 358 g/mol. The highest BCUT2D eigenvalue weighted by atomic mass is 35.5. The molecule has 4 nitrogen and oxygen atoms in total. The van der Waals surface area contributed by atoms with E-state index in [0.29, 0.717) is 23.2 Å². The van der Waals surface area contributed by atoms with Crippen LogP contribution in [0.3, 0.4) is 0 Å². The lowest BCUT2D eigenvalue weighted by molar-refractivity contribution is 0.0946. The highest BCUT2D eigenvalue weighted by molar-refractivity contribution is 7.13. The Morgan fingerprint density at radius 2 is 2.18 bits per heavy atom. The van der Waals surface area contributed by atoms with Crippen LogP contribution in [0.5, 0.6) is 0 Å². The second-order valence-electron chi connectivity index (χ2n) is 5.23. The van der Waals surface area contributed by atoms with Crippen LogP contribution in [-0.2, 0) is 0 Å². The zero-order valence-corrected chi connectivity index (χ0v) is 14.2. The summed E-state index contributed by atoms with van der Waals surface area (Å²) in [7, 11) is 0. The van der Waals surface area contributed by atoms with Crippen LogP contribution < -0.4 is 11.1 Å². The molecule has 1 fully saturated rings. The summed E-state index contributed by atoms with van der Waals surface area (Å²) in [6.45, 7) is 0.502. The van der Waals surface area contributed by atoms with Gasteiger partial charge in [0, 0.05) is 23.5 Å². The molecule has 0 bridgehead atoms. The first-order valence-corrected chi connectivity index (χ1v) is 8.15. The van der Waals surface area contributed by atoms with Crippen molar-refractivity contribution in [3.8, 4) is 10.6 Å². The van der Waals surface area contributed by atoms with Crippen molar-refractivity contribution < 1.29 is 4.79 Å². The number of benzene rings is 1. The van der Waals surface area contributed by atoms with E-state index in [0.717, 1.165) is 10.6 Å². The van der Waals surface area contributed by atoms with Crippen LogP contribution in [0.25, 0.3) is 10.6 Å². The molecular weight excluding hydrogens is 341 g/mol. The smallest absolute Gasteiger partial charge is 0.270 e. The lowest BCUT2D eigenvalue weighted by Gasteiger charge is -2.10. The minimum absolute atomic E-state index is 0. The van der Waals surface area contributed by atoms with E-state index in [-0.39, 0.29) is 24.4 Å². The molecule has 1 heterocycles. The fourth-order valence-corrected chi connectivity index (χ4v) is 3.25. The number of rotatable bonds is 5. The second-order valence-corrected chi connectivity index (χ2v) is 6.49. The van der Waals surface area contributed by atoms with Gasteiger partial charge in [0.1, 0.15) is 10.7 Å². The summed E-state index contributed by atoms with van der Waals surface area (Å²) in [5, 5.41) is 5.97. The summed E-state index contributed by atoms with van der Waals surface area (Å²) < 4.78 is 0. The van der Waals surface area contributed by atoms with Crippen molar-refractivity contribution >= 4 is 41.3 Å². The summed E-state index contributed by atoms with van der Waals surface area (Å²) in [5.74, 6) is 0.389. The predicted octanol–water partition coefficient (Wildman–Crippen LogP) is 3.35. The molecule has 3 rings (SSSR count). The Bertz CT molecular complexity index is 658. The van der Waals surface area contributed by atoms with E-state index in [9.17, 15) is 4.79 Å². The van der Waals surface area contributed by atoms with Gasteiger partial charge in [0.15, 0.2) is 0 Å². The van der Waals surface area contributed by atoms with Gasteiger partial charge < -0.3 is 11.1 Å². The molecule has 2 aromatic rings. The number of nitrogens with zero attached hydrogens (tertiary/aromatic N) is 1. The highest BCUT2D eigenvalue weighted by Crippen LogP contribution is 2.31. The molecule has 1 amide bonds. The van der Waals surface area contributed by atoms with E-state index in [4.69, 9.17) is 17.3 Å². The van der Waals surface area contributed by atoms with Gasteiger partial charge in [0.05, 0.1) is 5.02 Å². The summed E-state index contributed by atoms with van der Waals surface area (Å²) in [5.41, 5.74) is 7.23. The van der Waals surface area contributed by atoms with E-state index in [1.165, 1.54) is 24.2 Å². The van der Waals surface area contributed by atoms with Gasteiger partial charge >= 0.3 is 0 Å². The lowest BCUT2D eigenvalue weighted by Crippen LogP contribution is -2.38. The number of amides is 1. The van der Waals surface area contributed by atoms with E-state index in [1.807, 2.05) is 24.3 Å². The molecule has 1 aliphatic carbocycles. The molecule has 0 aliphatic heterocycles. The summed E-state index contributed by atoms with van der Waals surface area (Å²) in [6, 6.07) is 7.53. The van der Waals surface area contributed by atoms with Gasteiger partial charge in [0.25, 0.3) is 5.91 Å². The molecule has 0 saturated heterocycles. The standard InChI is InChI=1S/C15H16ClN3OS.ClH/c16-11-4-2-1-3-10(11)15-19-13(8-21-15)14(20)18-7-12(17)9-5-6-9;/h1-4,8-9,12H,5-7,17H2,(H,18,20);1H. The van der Waals surface area contributed by atoms with Gasteiger partial charge in [-0.3, -0.25) is 4.79 Å². The Labute approximate surface area is 144 Å². The average Bonchev–Trinajstić information content (AvgIpc) is 3.23. The van der Waals surface area contributed by atoms with E-state index < -0.39 is 0 Å². The fraction of sp³-hybridized carbons (Fsp3) is 0.333. The van der Waals surface area contributed by atoms with Gasteiger partial charge in [0.2, 0.25) is 0 Å². The molecule has 7 heteroatoms. The normalized spacial score (nSPS) is 15.0. The van der Waals surface area contributed by atoms with Gasteiger partial charge in [-0.15, -0.1) is 23.7 Å². The van der Waals surface area contributed by atoms with E-state index >= 15 is 0 Å². The fourth-order valence-electron chi connectivity index (χ4n) is 2.13. The number of nitrogens with two attached hydrogens (primary N) is 1. The van der Waals surface area contributed by atoms with Crippen LogP contribution in [-0.4, -0.2) is 23.5 Å². The molecule has 1 atom stereocenters. The zero-order chi connectivity index (χ0) is 14.8. The summed E-state index contributed by atoms with van der Waals surface area (Å²) >= 11 is 7.55. The molecule has 22 heavy (non-hydrogen) atoms. The molecule has 1 unspecified atom stereocenters. The van der Waals surface area contributed by atoms with Gasteiger partial charge in [-0.25, -0.2) is 4.98 Å². The molecule has 118 valence electrons. The van der Waals surface area contributed by atoms with Crippen LogP contribution in [0.15, 0.2) is 29.6 Å². The molecular formula is C15H17Cl2N3OS. The second kappa shape index (κ2) is 7.42. The number of nitrogens with one attached hydrogen (secondary N) is 1. The van der Waals surface area contributed by atoms with Crippen molar-refractivity contribution in [2.75, 3.05) is 6.54 Å². The Hall–Kier alpha value is -1.14. The van der Waals surface area contributed by atoms with Crippen molar-refractivity contribution in [1.29, 1.82) is 0 Å². The van der Waals surface area contributed by atoms with Crippen molar-refractivity contribution in [1.82, 2.24) is 10.3 Å². The SMILES string of the molecule is Cl.NC(CNC(=O)c1csc(-c2ccccc2Cl)n1)C1CC1. The summed E-state index contributed by atoms with van der Waals surface area (Å²) in [6.07, 6.45) is 2.34. The van der Waals surface area contributed by atoms with Crippen molar-refractivity contribution in [3.63, 3.8) is 0 Å². The number of carbonyl (C=O) groups is 1. The molecule has 0 spiro atoms. The van der Waals surface area contributed by atoms with Gasteiger partial charge in [-0.1, -0.05) is 29.8 Å². The number of aromatic nitrogens is 1. The zero-order valence-electron chi connectivity index (χ0n) is 11.8. The number of halogens is 2. The van der Waals surface area contributed by atoms with E-state index in [2.05, 4.69) is 10.3 Å². The Morgan fingerprint density at radius 3 is 2.86 bits per heavy atom. The number of hydrogen-bond acceptors (Lipinski definition) is 4. The topological polar surface area (TPSA) is 68.0 Å². The monoisotopic (exact) mass is 357 g/mol. The van der Waals surface area contributed by atoms with Crippen LogP contribution in [0.4, 0.5) is 0 Å². The number of hydrogen-bond donors (Lipinski definition) is 2. The largest absolute Gasteiger partial charge is 0.349 e. The quantitative estimate of drug-likeness (QED) is 0.861. The first-order chi connectivity index (χ1) is 10.1. The third kappa shape index (κ3) is 3.98. The van der Waals surface area contributed by atoms with Crippen LogP contribution in [0.2, 0.25) is 5.02 Å². The van der Waals surface area contributed by atoms with Crippen LogP contribution >= 0.6 is 35.3 Å². The maximum atomic E-state index is 12.1. The molecule has 0 radical (unpaired) electrons. The van der Waals surface area contributed by atoms with Gasteiger partial charge in [-0.05, 0) is 24.8 Å².